The van der Waals surface area contributed by atoms with Crippen LogP contribution in [0.4, 0.5) is 0 Å². The first-order chi connectivity index (χ1) is 8.72. The SMILES string of the molecule is Cc1oc(C(=O)O)cc1CN1C(=O)CC(C)(C)C1=O. The van der Waals surface area contributed by atoms with Crippen LogP contribution >= 0.6 is 0 Å². The second-order valence-electron chi connectivity index (χ2n) is 5.34. The Morgan fingerprint density at radius 1 is 1.47 bits per heavy atom. The van der Waals surface area contributed by atoms with Gasteiger partial charge in [0.05, 0.1) is 12.0 Å². The standard InChI is InChI=1S/C13H15NO5/c1-7-8(4-9(19-7)11(16)17)6-14-10(15)5-13(2,3)12(14)18/h4H,5-6H2,1-3H3,(H,16,17). The van der Waals surface area contributed by atoms with E-state index in [-0.39, 0.29) is 30.5 Å². The molecule has 1 aromatic heterocycles. The molecule has 1 aliphatic heterocycles. The number of imide groups is 1. The number of nitrogens with zero attached hydrogens (tertiary/aromatic N) is 1. The van der Waals surface area contributed by atoms with Crippen molar-refractivity contribution in [2.24, 2.45) is 5.41 Å². The molecule has 1 fully saturated rings. The van der Waals surface area contributed by atoms with Crippen LogP contribution in [-0.4, -0.2) is 27.8 Å². The van der Waals surface area contributed by atoms with Crippen molar-refractivity contribution in [3.63, 3.8) is 0 Å². The van der Waals surface area contributed by atoms with E-state index in [1.54, 1.807) is 20.8 Å². The number of carboxylic acids is 1. The van der Waals surface area contributed by atoms with Crippen LogP contribution in [0.15, 0.2) is 10.5 Å². The van der Waals surface area contributed by atoms with Gasteiger partial charge in [0.2, 0.25) is 17.6 Å². The predicted octanol–water partition coefficient (Wildman–Crippen LogP) is 1.57. The smallest absolute Gasteiger partial charge is 0.371 e. The van der Waals surface area contributed by atoms with Crippen LogP contribution in [-0.2, 0) is 16.1 Å². The Kier molecular flexibility index (Phi) is 2.96. The minimum atomic E-state index is -1.17. The minimum absolute atomic E-state index is 0.0592. The average molecular weight is 265 g/mol. The van der Waals surface area contributed by atoms with E-state index in [9.17, 15) is 14.4 Å². The number of hydrogen-bond acceptors (Lipinski definition) is 4. The molecule has 0 bridgehead atoms. The third kappa shape index (κ3) is 2.25. The molecule has 0 unspecified atom stereocenters. The second kappa shape index (κ2) is 4.22. The molecule has 2 amide bonds. The number of hydrogen-bond donors (Lipinski definition) is 1. The third-order valence-electron chi connectivity index (χ3n) is 3.28. The van der Waals surface area contributed by atoms with Crippen LogP contribution in [0, 0.1) is 12.3 Å². The van der Waals surface area contributed by atoms with E-state index >= 15 is 0 Å². The van der Waals surface area contributed by atoms with Gasteiger partial charge in [-0.2, -0.15) is 0 Å². The normalized spacial score (nSPS) is 18.2. The maximum Gasteiger partial charge on any atom is 0.371 e. The lowest BCUT2D eigenvalue weighted by atomic mass is 9.92. The lowest BCUT2D eigenvalue weighted by molar-refractivity contribution is -0.141. The zero-order chi connectivity index (χ0) is 14.4. The highest BCUT2D eigenvalue weighted by molar-refractivity contribution is 6.05. The van der Waals surface area contributed by atoms with Crippen LogP contribution in [0.5, 0.6) is 0 Å². The molecule has 6 heteroatoms. The first kappa shape index (κ1) is 13.3. The van der Waals surface area contributed by atoms with Crippen molar-refractivity contribution in [2.75, 3.05) is 0 Å². The van der Waals surface area contributed by atoms with Crippen LogP contribution in [0.1, 0.15) is 42.1 Å². The number of furan rings is 1. The number of aromatic carboxylic acids is 1. The van der Waals surface area contributed by atoms with Gasteiger partial charge in [0.25, 0.3) is 0 Å². The largest absolute Gasteiger partial charge is 0.475 e. The summed E-state index contributed by atoms with van der Waals surface area (Å²) in [5, 5.41) is 8.83. The van der Waals surface area contributed by atoms with Crippen molar-refractivity contribution < 1.29 is 23.9 Å². The Morgan fingerprint density at radius 2 is 2.11 bits per heavy atom. The van der Waals surface area contributed by atoms with E-state index < -0.39 is 11.4 Å². The third-order valence-corrected chi connectivity index (χ3v) is 3.28. The molecule has 0 atom stereocenters. The van der Waals surface area contributed by atoms with Crippen molar-refractivity contribution in [3.8, 4) is 0 Å². The highest BCUT2D eigenvalue weighted by Gasteiger charge is 2.44. The highest BCUT2D eigenvalue weighted by atomic mass is 16.4. The number of likely N-dealkylation sites (tertiary alicyclic amines) is 1. The van der Waals surface area contributed by atoms with Gasteiger partial charge in [0, 0.05) is 12.0 Å². The first-order valence-electron chi connectivity index (χ1n) is 5.90. The fourth-order valence-corrected chi connectivity index (χ4v) is 2.14. The molecule has 1 N–H and O–H groups in total. The Labute approximate surface area is 110 Å². The van der Waals surface area contributed by atoms with Crippen molar-refractivity contribution in [1.29, 1.82) is 0 Å². The van der Waals surface area contributed by atoms with Crippen LogP contribution in [0.3, 0.4) is 0 Å². The van der Waals surface area contributed by atoms with Gasteiger partial charge in [0.1, 0.15) is 5.76 Å². The Morgan fingerprint density at radius 3 is 2.53 bits per heavy atom. The van der Waals surface area contributed by atoms with E-state index in [2.05, 4.69) is 0 Å². The fraction of sp³-hybridized carbons (Fsp3) is 0.462. The van der Waals surface area contributed by atoms with Gasteiger partial charge in [-0.1, -0.05) is 13.8 Å². The zero-order valence-corrected chi connectivity index (χ0v) is 11.0. The molecule has 2 rings (SSSR count). The molecule has 2 heterocycles. The molecule has 0 radical (unpaired) electrons. The molecule has 0 saturated carbocycles. The Balaban J connectivity index is 2.25. The predicted molar refractivity (Wildman–Crippen MR) is 64.4 cm³/mol. The Hall–Kier alpha value is -2.11. The van der Waals surface area contributed by atoms with Gasteiger partial charge in [-0.15, -0.1) is 0 Å². The van der Waals surface area contributed by atoms with E-state index in [0.717, 1.165) is 4.90 Å². The number of amides is 2. The number of carboxylic acid groups (broad SMARTS) is 1. The minimum Gasteiger partial charge on any atom is -0.475 e. The molecule has 0 aromatic carbocycles. The Bertz CT molecular complexity index is 570. The van der Waals surface area contributed by atoms with E-state index in [1.165, 1.54) is 6.07 Å². The molecule has 6 nitrogen and oxygen atoms in total. The van der Waals surface area contributed by atoms with Gasteiger partial charge in [-0.3, -0.25) is 14.5 Å². The van der Waals surface area contributed by atoms with Gasteiger partial charge in [-0.05, 0) is 13.0 Å². The molecule has 1 saturated heterocycles. The average Bonchev–Trinajstić information content (AvgIpc) is 2.73. The maximum atomic E-state index is 12.1. The molecule has 1 aromatic rings. The van der Waals surface area contributed by atoms with Crippen molar-refractivity contribution in [3.05, 3.63) is 23.2 Å². The number of aryl methyl sites for hydroxylation is 1. The van der Waals surface area contributed by atoms with Gasteiger partial charge < -0.3 is 9.52 Å². The molecular formula is C13H15NO5. The molecule has 19 heavy (non-hydrogen) atoms. The van der Waals surface area contributed by atoms with Crippen LogP contribution in [0.2, 0.25) is 0 Å². The lowest BCUT2D eigenvalue weighted by Crippen LogP contribution is -2.32. The van der Waals surface area contributed by atoms with Crippen LogP contribution < -0.4 is 0 Å². The highest BCUT2D eigenvalue weighted by Crippen LogP contribution is 2.33. The maximum absolute atomic E-state index is 12.1. The van der Waals surface area contributed by atoms with Gasteiger partial charge in [0.15, 0.2) is 0 Å². The summed E-state index contributed by atoms with van der Waals surface area (Å²) < 4.78 is 5.06. The number of rotatable bonds is 3. The topological polar surface area (TPSA) is 87.8 Å². The van der Waals surface area contributed by atoms with E-state index in [0.29, 0.717) is 11.3 Å². The van der Waals surface area contributed by atoms with Crippen molar-refractivity contribution in [2.45, 2.75) is 33.7 Å². The van der Waals surface area contributed by atoms with Crippen molar-refractivity contribution in [1.82, 2.24) is 4.90 Å². The summed E-state index contributed by atoms with van der Waals surface area (Å²) in [6.45, 7) is 5.11. The lowest BCUT2D eigenvalue weighted by Gasteiger charge is -2.17. The fourth-order valence-electron chi connectivity index (χ4n) is 2.14. The summed E-state index contributed by atoms with van der Waals surface area (Å²) in [6, 6.07) is 1.35. The van der Waals surface area contributed by atoms with E-state index in [4.69, 9.17) is 9.52 Å². The quantitative estimate of drug-likeness (QED) is 0.838. The zero-order valence-electron chi connectivity index (χ0n) is 11.0. The summed E-state index contributed by atoms with van der Waals surface area (Å²) >= 11 is 0. The number of carbonyl (C=O) groups is 3. The number of carbonyl (C=O) groups excluding carboxylic acids is 2. The summed E-state index contributed by atoms with van der Waals surface area (Å²) in [5.74, 6) is -1.44. The van der Waals surface area contributed by atoms with Crippen molar-refractivity contribution >= 4 is 17.8 Å². The molecule has 0 spiro atoms. The first-order valence-corrected chi connectivity index (χ1v) is 5.90. The van der Waals surface area contributed by atoms with Gasteiger partial charge in [-0.25, -0.2) is 4.79 Å². The molecule has 102 valence electrons. The van der Waals surface area contributed by atoms with E-state index in [1.807, 2.05) is 0 Å². The molecular weight excluding hydrogens is 250 g/mol. The van der Waals surface area contributed by atoms with Gasteiger partial charge >= 0.3 is 5.97 Å². The summed E-state index contributed by atoms with van der Waals surface area (Å²) in [4.78, 5) is 35.8. The molecule has 1 aliphatic rings. The second-order valence-corrected chi connectivity index (χ2v) is 5.34. The summed E-state index contributed by atoms with van der Waals surface area (Å²) in [5.41, 5.74) is -0.151. The monoisotopic (exact) mass is 265 g/mol. The molecule has 0 aliphatic carbocycles. The summed E-state index contributed by atoms with van der Waals surface area (Å²) in [7, 11) is 0. The summed E-state index contributed by atoms with van der Waals surface area (Å²) in [6.07, 6.45) is 0.175. The van der Waals surface area contributed by atoms with Crippen LogP contribution in [0.25, 0.3) is 0 Å².